The van der Waals surface area contributed by atoms with E-state index in [9.17, 15) is 5.26 Å². The second-order valence-electron chi connectivity index (χ2n) is 9.68. The molecule has 0 aromatic heterocycles. The van der Waals surface area contributed by atoms with Crippen molar-refractivity contribution >= 4 is 5.57 Å². The van der Waals surface area contributed by atoms with Crippen LogP contribution in [0.1, 0.15) is 24.0 Å². The lowest BCUT2D eigenvalue weighted by molar-refractivity contribution is 0.0246. The lowest BCUT2D eigenvalue weighted by Gasteiger charge is -2.38. The Hall–Kier alpha value is -3.47. The van der Waals surface area contributed by atoms with Crippen LogP contribution in [0, 0.1) is 23.2 Å². The summed E-state index contributed by atoms with van der Waals surface area (Å²) in [5.74, 6) is 1.47. The highest BCUT2D eigenvalue weighted by Gasteiger charge is 2.30. The predicted molar refractivity (Wildman–Crippen MR) is 138 cm³/mol. The summed E-state index contributed by atoms with van der Waals surface area (Å²) in [6, 6.07) is 10.6. The number of nitrogens with one attached hydrogen (secondary N) is 3. The number of hydrogen-bond donors (Lipinski definition) is 4. The molecule has 3 heterocycles. The average molecular weight is 471 g/mol. The molecule has 0 bridgehead atoms. The van der Waals surface area contributed by atoms with Crippen molar-refractivity contribution in [2.75, 3.05) is 39.5 Å². The van der Waals surface area contributed by atoms with E-state index in [1.54, 1.807) is 0 Å². The van der Waals surface area contributed by atoms with Gasteiger partial charge in [-0.25, -0.2) is 0 Å². The summed E-state index contributed by atoms with van der Waals surface area (Å²) >= 11 is 0. The van der Waals surface area contributed by atoms with Gasteiger partial charge in [0.15, 0.2) is 0 Å². The van der Waals surface area contributed by atoms with Crippen LogP contribution in [0.5, 0.6) is 0 Å². The molecule has 4 aliphatic rings. The second kappa shape index (κ2) is 10.9. The average Bonchev–Trinajstić information content (AvgIpc) is 2.91. The van der Waals surface area contributed by atoms with E-state index in [4.69, 9.17) is 10.5 Å². The predicted octanol–water partition coefficient (Wildman–Crippen LogP) is 2.55. The van der Waals surface area contributed by atoms with Crippen molar-refractivity contribution in [3.63, 3.8) is 0 Å². The summed E-state index contributed by atoms with van der Waals surface area (Å²) in [6.45, 7) is 5.02. The maximum absolute atomic E-state index is 9.33. The maximum Gasteiger partial charge on any atom is 0.0994 e. The molecule has 5 rings (SSSR count). The fourth-order valence-electron chi connectivity index (χ4n) is 5.15. The molecule has 0 spiro atoms. The Balaban J connectivity index is 1.17. The fraction of sp³-hybridized carbons (Fsp3) is 0.393. The maximum atomic E-state index is 9.33. The quantitative estimate of drug-likeness (QED) is 0.486. The smallest absolute Gasteiger partial charge is 0.0994 e. The normalized spacial score (nSPS) is 24.5. The zero-order valence-electron chi connectivity index (χ0n) is 20.0. The first-order valence-electron chi connectivity index (χ1n) is 12.5. The van der Waals surface area contributed by atoms with Crippen LogP contribution < -0.4 is 21.7 Å². The van der Waals surface area contributed by atoms with E-state index in [2.05, 4.69) is 57.4 Å². The van der Waals surface area contributed by atoms with E-state index < -0.39 is 0 Å². The second-order valence-corrected chi connectivity index (χ2v) is 9.68. The van der Waals surface area contributed by atoms with E-state index in [1.165, 1.54) is 16.8 Å². The molecule has 3 aliphatic heterocycles. The van der Waals surface area contributed by atoms with Crippen molar-refractivity contribution in [1.29, 1.82) is 5.26 Å². The molecule has 1 aromatic carbocycles. The van der Waals surface area contributed by atoms with Crippen molar-refractivity contribution in [1.82, 2.24) is 20.9 Å². The van der Waals surface area contributed by atoms with Crippen LogP contribution in [0.2, 0.25) is 0 Å². The van der Waals surface area contributed by atoms with Crippen LogP contribution in [-0.4, -0.2) is 50.5 Å². The standard InChI is InChI=1S/C28H34N6O/c29-15-20-2-1-3-22(12-20)24-13-23-6-9-31-17-26(23)27(14-24)33-25-7-10-34(11-8-25)19-35-18-21-4-5-28(30)32-16-21/h1-6,9,12-14,23,25-26,31-33H,7-8,10-11,16-19,30H2. The highest BCUT2D eigenvalue weighted by Crippen LogP contribution is 2.35. The Morgan fingerprint density at radius 1 is 1.23 bits per heavy atom. The lowest BCUT2D eigenvalue weighted by atomic mass is 9.79. The molecule has 182 valence electrons. The first kappa shape index (κ1) is 23.3. The number of piperidine rings is 1. The van der Waals surface area contributed by atoms with Gasteiger partial charge in [-0.2, -0.15) is 5.26 Å². The third-order valence-corrected chi connectivity index (χ3v) is 7.18. The Labute approximate surface area is 207 Å². The van der Waals surface area contributed by atoms with E-state index in [-0.39, 0.29) is 0 Å². The number of ether oxygens (including phenoxy) is 1. The third kappa shape index (κ3) is 5.79. The molecule has 1 aliphatic carbocycles. The van der Waals surface area contributed by atoms with Gasteiger partial charge < -0.3 is 26.4 Å². The minimum atomic E-state index is 0.353. The van der Waals surface area contributed by atoms with Gasteiger partial charge in [0.05, 0.1) is 30.8 Å². The minimum absolute atomic E-state index is 0.353. The van der Waals surface area contributed by atoms with Gasteiger partial charge in [0.1, 0.15) is 0 Å². The highest BCUT2D eigenvalue weighted by atomic mass is 16.5. The Kier molecular flexibility index (Phi) is 7.22. The van der Waals surface area contributed by atoms with Crippen molar-refractivity contribution in [2.45, 2.75) is 18.9 Å². The van der Waals surface area contributed by atoms with Gasteiger partial charge in [0.2, 0.25) is 0 Å². The molecule has 35 heavy (non-hydrogen) atoms. The number of nitrogens with two attached hydrogens (primary N) is 1. The molecule has 1 aromatic rings. The number of rotatable bonds is 7. The van der Waals surface area contributed by atoms with Gasteiger partial charge in [-0.05, 0) is 60.0 Å². The van der Waals surface area contributed by atoms with Crippen molar-refractivity contribution in [3.05, 3.63) is 89.1 Å². The van der Waals surface area contributed by atoms with Gasteiger partial charge in [0, 0.05) is 49.8 Å². The zero-order chi connectivity index (χ0) is 24.0. The zero-order valence-corrected chi connectivity index (χ0v) is 20.0. The molecule has 2 atom stereocenters. The Morgan fingerprint density at radius 3 is 2.91 bits per heavy atom. The third-order valence-electron chi connectivity index (χ3n) is 7.18. The van der Waals surface area contributed by atoms with E-state index in [0.717, 1.165) is 44.6 Å². The molecule has 1 fully saturated rings. The Morgan fingerprint density at radius 2 is 2.11 bits per heavy atom. The van der Waals surface area contributed by atoms with Crippen molar-refractivity contribution in [2.24, 2.45) is 17.6 Å². The van der Waals surface area contributed by atoms with Crippen LogP contribution in [0.4, 0.5) is 0 Å². The fourth-order valence-corrected chi connectivity index (χ4v) is 5.15. The molecule has 0 saturated carbocycles. The molecule has 5 N–H and O–H groups in total. The largest absolute Gasteiger partial charge is 0.390 e. The molecular formula is C28H34N6O. The number of allylic oxidation sites excluding steroid dienone is 6. The summed E-state index contributed by atoms with van der Waals surface area (Å²) in [7, 11) is 0. The molecule has 0 radical (unpaired) electrons. The first-order chi connectivity index (χ1) is 17.2. The number of nitrogens with zero attached hydrogens (tertiary/aromatic N) is 2. The van der Waals surface area contributed by atoms with Crippen LogP contribution in [0.25, 0.3) is 5.57 Å². The number of benzene rings is 1. The van der Waals surface area contributed by atoms with Gasteiger partial charge in [-0.15, -0.1) is 0 Å². The van der Waals surface area contributed by atoms with E-state index in [1.807, 2.05) is 30.4 Å². The first-order valence-corrected chi connectivity index (χ1v) is 12.5. The summed E-state index contributed by atoms with van der Waals surface area (Å²) in [5, 5.41) is 19.8. The van der Waals surface area contributed by atoms with Gasteiger partial charge >= 0.3 is 0 Å². The number of likely N-dealkylation sites (tertiary alicyclic amines) is 1. The number of dihydropyridines is 1. The number of nitriles is 1. The van der Waals surface area contributed by atoms with Crippen molar-refractivity contribution in [3.8, 4) is 6.07 Å². The van der Waals surface area contributed by atoms with Crippen LogP contribution in [-0.2, 0) is 4.74 Å². The number of fused-ring (bicyclic) bond motifs is 1. The van der Waals surface area contributed by atoms with Crippen molar-refractivity contribution < 1.29 is 4.74 Å². The molecule has 7 heteroatoms. The van der Waals surface area contributed by atoms with Crippen LogP contribution in [0.3, 0.4) is 0 Å². The minimum Gasteiger partial charge on any atom is -0.390 e. The summed E-state index contributed by atoms with van der Waals surface area (Å²) in [6.07, 6.45) is 15.1. The van der Waals surface area contributed by atoms with Gasteiger partial charge in [0.25, 0.3) is 0 Å². The molecule has 2 unspecified atom stereocenters. The van der Waals surface area contributed by atoms with E-state index in [0.29, 0.717) is 42.6 Å². The lowest BCUT2D eigenvalue weighted by Crippen LogP contribution is -2.45. The number of hydrogen-bond acceptors (Lipinski definition) is 7. The van der Waals surface area contributed by atoms with Crippen LogP contribution in [0.15, 0.2) is 77.9 Å². The molecule has 0 amide bonds. The molecule has 1 saturated heterocycles. The highest BCUT2D eigenvalue weighted by molar-refractivity contribution is 5.77. The van der Waals surface area contributed by atoms with Gasteiger partial charge in [-0.3, -0.25) is 4.90 Å². The Bertz CT molecular complexity index is 1120. The SMILES string of the molecule is N#Cc1cccc(C2=CC3C=CNCC3C(NC3CCN(COCC4=CC=C(N)NC4)CC3)=C2)c1. The van der Waals surface area contributed by atoms with Gasteiger partial charge in [-0.1, -0.05) is 30.4 Å². The van der Waals surface area contributed by atoms with Crippen LogP contribution >= 0.6 is 0 Å². The van der Waals surface area contributed by atoms with E-state index >= 15 is 0 Å². The molecule has 7 nitrogen and oxygen atoms in total. The molecular weight excluding hydrogens is 436 g/mol. The topological polar surface area (TPSA) is 98.4 Å². The monoisotopic (exact) mass is 470 g/mol. The summed E-state index contributed by atoms with van der Waals surface area (Å²) < 4.78 is 5.96. The summed E-state index contributed by atoms with van der Waals surface area (Å²) in [5.41, 5.74) is 11.2. The summed E-state index contributed by atoms with van der Waals surface area (Å²) in [4.78, 5) is 2.39.